The first-order valence-corrected chi connectivity index (χ1v) is 12.3. The Bertz CT molecular complexity index is 1670. The molecule has 1 unspecified atom stereocenters. The molecule has 4 aromatic carbocycles. The average molecular weight is 534 g/mol. The zero-order chi connectivity index (χ0) is 28.2. The molecule has 4 aromatic rings. The highest BCUT2D eigenvalue weighted by molar-refractivity contribution is 5.95. The number of nitro benzene ring substituents is 1. The molecular weight excluding hydrogens is 510 g/mol. The van der Waals surface area contributed by atoms with Crippen LogP contribution in [0.1, 0.15) is 38.5 Å². The number of nitrogens with zero attached hydrogens (tertiary/aromatic N) is 2. The van der Waals surface area contributed by atoms with Crippen LogP contribution in [0.25, 0.3) is 0 Å². The molecule has 0 saturated heterocycles. The van der Waals surface area contributed by atoms with Crippen molar-refractivity contribution in [3.8, 4) is 23.3 Å². The Kier molecular flexibility index (Phi) is 7.16. The van der Waals surface area contributed by atoms with Crippen molar-refractivity contribution in [1.29, 1.82) is 5.26 Å². The summed E-state index contributed by atoms with van der Waals surface area (Å²) in [5.41, 5.74) is 9.46. The highest BCUT2D eigenvalue weighted by Gasteiger charge is 2.31. The summed E-state index contributed by atoms with van der Waals surface area (Å²) in [6, 6.07) is 27.8. The Labute approximate surface area is 229 Å². The molecule has 0 saturated carbocycles. The maximum atomic E-state index is 12.7. The molecule has 0 amide bonds. The fourth-order valence-electron chi connectivity index (χ4n) is 4.42. The van der Waals surface area contributed by atoms with Crippen molar-refractivity contribution < 1.29 is 23.9 Å². The van der Waals surface area contributed by atoms with Crippen LogP contribution in [-0.2, 0) is 6.61 Å². The zero-order valence-corrected chi connectivity index (χ0v) is 21.4. The van der Waals surface area contributed by atoms with Crippen molar-refractivity contribution in [1.82, 2.24) is 0 Å². The molecule has 1 aliphatic heterocycles. The molecule has 0 radical (unpaired) electrons. The summed E-state index contributed by atoms with van der Waals surface area (Å²) in [5.74, 6) is -0.407. The van der Waals surface area contributed by atoms with Gasteiger partial charge in [0, 0.05) is 17.7 Å². The first-order chi connectivity index (χ1) is 19.3. The number of rotatable bonds is 7. The van der Waals surface area contributed by atoms with Gasteiger partial charge in [-0.25, -0.2) is 4.79 Å². The Morgan fingerprint density at radius 1 is 1.02 bits per heavy atom. The lowest BCUT2D eigenvalue weighted by atomic mass is 9.83. The lowest BCUT2D eigenvalue weighted by Gasteiger charge is -2.26. The van der Waals surface area contributed by atoms with Gasteiger partial charge < -0.3 is 19.9 Å². The van der Waals surface area contributed by atoms with E-state index in [0.717, 1.165) is 11.1 Å². The van der Waals surface area contributed by atoms with E-state index in [2.05, 4.69) is 6.07 Å². The van der Waals surface area contributed by atoms with E-state index < -0.39 is 16.8 Å². The summed E-state index contributed by atoms with van der Waals surface area (Å²) < 4.78 is 17.0. The highest BCUT2D eigenvalue weighted by Crippen LogP contribution is 2.43. The number of para-hydroxylation sites is 1. The van der Waals surface area contributed by atoms with Gasteiger partial charge >= 0.3 is 5.97 Å². The third-order valence-electron chi connectivity index (χ3n) is 6.46. The maximum Gasteiger partial charge on any atom is 0.350 e. The molecule has 0 aliphatic carbocycles. The molecule has 9 heteroatoms. The fourth-order valence-corrected chi connectivity index (χ4v) is 4.42. The lowest BCUT2D eigenvalue weighted by Crippen LogP contribution is -2.21. The van der Waals surface area contributed by atoms with Crippen molar-refractivity contribution in [3.05, 3.63) is 140 Å². The fraction of sp³-hybridized carbons (Fsp3) is 0.0968. The van der Waals surface area contributed by atoms with Crippen molar-refractivity contribution in [2.75, 3.05) is 0 Å². The standard InChI is InChI=1S/C31H23N3O6/c1-19-6-8-20(9-7-19)18-38-22-12-10-21(11-13-22)29-25-15-14-23(16-28(25)40-30(33)26(29)17-32)39-31(35)24-4-2-3-5-27(24)34(36)37/h2-16,29H,18,33H2,1H3. The number of nitro groups is 1. The molecule has 40 heavy (non-hydrogen) atoms. The molecule has 1 atom stereocenters. The van der Waals surface area contributed by atoms with Crippen LogP contribution in [0.5, 0.6) is 17.2 Å². The van der Waals surface area contributed by atoms with E-state index in [9.17, 15) is 20.2 Å². The van der Waals surface area contributed by atoms with Gasteiger partial charge in [-0.05, 0) is 42.3 Å². The summed E-state index contributed by atoms with van der Waals surface area (Å²) in [6.45, 7) is 2.45. The monoisotopic (exact) mass is 533 g/mol. The lowest BCUT2D eigenvalue weighted by molar-refractivity contribution is -0.385. The van der Waals surface area contributed by atoms with Crippen LogP contribution in [0.15, 0.2) is 102 Å². The summed E-state index contributed by atoms with van der Waals surface area (Å²) >= 11 is 0. The van der Waals surface area contributed by atoms with Crippen LogP contribution < -0.4 is 19.9 Å². The van der Waals surface area contributed by atoms with E-state index in [0.29, 0.717) is 23.7 Å². The van der Waals surface area contributed by atoms with Gasteiger partial charge in [0.2, 0.25) is 5.88 Å². The van der Waals surface area contributed by atoms with E-state index >= 15 is 0 Å². The minimum Gasteiger partial charge on any atom is -0.489 e. The van der Waals surface area contributed by atoms with Gasteiger partial charge in [0.1, 0.15) is 41.1 Å². The number of allylic oxidation sites excluding steroid dienone is 1. The van der Waals surface area contributed by atoms with Gasteiger partial charge in [-0.1, -0.05) is 60.2 Å². The predicted octanol–water partition coefficient (Wildman–Crippen LogP) is 5.92. The van der Waals surface area contributed by atoms with E-state index in [1.54, 1.807) is 6.07 Å². The molecule has 0 bridgehead atoms. The summed E-state index contributed by atoms with van der Waals surface area (Å²) in [5, 5.41) is 21.2. The number of benzene rings is 4. The molecule has 198 valence electrons. The minimum absolute atomic E-state index is 0.0677. The molecule has 0 aromatic heterocycles. The third kappa shape index (κ3) is 5.33. The number of fused-ring (bicyclic) bond motifs is 1. The van der Waals surface area contributed by atoms with Crippen LogP contribution >= 0.6 is 0 Å². The smallest absolute Gasteiger partial charge is 0.350 e. The van der Waals surface area contributed by atoms with E-state index in [-0.39, 0.29) is 28.5 Å². The normalized spacial score (nSPS) is 13.9. The SMILES string of the molecule is Cc1ccc(COc2ccc(C3C(C#N)=C(N)Oc4cc(OC(=O)c5ccccc5[N+](=O)[O-])ccc43)cc2)cc1. The summed E-state index contributed by atoms with van der Waals surface area (Å²) in [7, 11) is 0. The second-order valence-electron chi connectivity index (χ2n) is 9.13. The Hall–Kier alpha value is -5.62. The maximum absolute atomic E-state index is 12.7. The van der Waals surface area contributed by atoms with Gasteiger partial charge in [-0.3, -0.25) is 10.1 Å². The first-order valence-electron chi connectivity index (χ1n) is 12.3. The van der Waals surface area contributed by atoms with Gasteiger partial charge in [0.25, 0.3) is 5.69 Å². The molecular formula is C31H23N3O6. The third-order valence-corrected chi connectivity index (χ3v) is 6.46. The molecule has 0 fully saturated rings. The number of nitriles is 1. The highest BCUT2D eigenvalue weighted by atomic mass is 16.6. The Balaban J connectivity index is 1.38. The number of hydrogen-bond donors (Lipinski definition) is 1. The van der Waals surface area contributed by atoms with Crippen molar-refractivity contribution in [2.45, 2.75) is 19.4 Å². The van der Waals surface area contributed by atoms with Crippen LogP contribution in [0.3, 0.4) is 0 Å². The number of aryl methyl sites for hydroxylation is 1. The largest absolute Gasteiger partial charge is 0.489 e. The van der Waals surface area contributed by atoms with E-state index in [1.165, 1.54) is 42.0 Å². The molecule has 0 spiro atoms. The van der Waals surface area contributed by atoms with Crippen LogP contribution in [0, 0.1) is 28.4 Å². The predicted molar refractivity (Wildman–Crippen MR) is 146 cm³/mol. The van der Waals surface area contributed by atoms with Crippen LogP contribution in [0.2, 0.25) is 0 Å². The molecule has 1 aliphatic rings. The number of esters is 1. The van der Waals surface area contributed by atoms with Gasteiger partial charge in [-0.2, -0.15) is 5.26 Å². The van der Waals surface area contributed by atoms with E-state index in [4.69, 9.17) is 19.9 Å². The van der Waals surface area contributed by atoms with Gasteiger partial charge in [0.05, 0.1) is 10.8 Å². The molecule has 9 nitrogen and oxygen atoms in total. The number of ether oxygens (including phenoxy) is 3. The number of hydrogen-bond acceptors (Lipinski definition) is 8. The Morgan fingerprint density at radius 3 is 2.42 bits per heavy atom. The number of nitrogens with two attached hydrogens (primary N) is 1. The van der Waals surface area contributed by atoms with Gasteiger partial charge in [-0.15, -0.1) is 0 Å². The second kappa shape index (κ2) is 11.0. The zero-order valence-electron chi connectivity index (χ0n) is 21.4. The first kappa shape index (κ1) is 26.0. The topological polar surface area (TPSA) is 138 Å². The van der Waals surface area contributed by atoms with Crippen molar-refractivity contribution in [3.63, 3.8) is 0 Å². The summed E-state index contributed by atoms with van der Waals surface area (Å²) in [4.78, 5) is 23.3. The number of carbonyl (C=O) groups excluding carboxylic acids is 1. The molecule has 1 heterocycles. The van der Waals surface area contributed by atoms with Gasteiger partial charge in [0.15, 0.2) is 0 Å². The molecule has 2 N–H and O–H groups in total. The van der Waals surface area contributed by atoms with Crippen LogP contribution in [0.4, 0.5) is 5.69 Å². The van der Waals surface area contributed by atoms with Crippen molar-refractivity contribution >= 4 is 11.7 Å². The van der Waals surface area contributed by atoms with Crippen LogP contribution in [-0.4, -0.2) is 10.9 Å². The Morgan fingerprint density at radius 2 is 1.73 bits per heavy atom. The molecule has 5 rings (SSSR count). The minimum atomic E-state index is -0.887. The average Bonchev–Trinajstić information content (AvgIpc) is 2.96. The summed E-state index contributed by atoms with van der Waals surface area (Å²) in [6.07, 6.45) is 0. The van der Waals surface area contributed by atoms with Crippen molar-refractivity contribution in [2.24, 2.45) is 5.73 Å². The number of carbonyl (C=O) groups is 1. The van der Waals surface area contributed by atoms with E-state index in [1.807, 2.05) is 55.5 Å². The quantitative estimate of drug-likeness (QED) is 0.134. The second-order valence-corrected chi connectivity index (χ2v) is 9.13.